The Kier molecular flexibility index (Phi) is 5.60. The quantitative estimate of drug-likeness (QED) is 0.661. The van der Waals surface area contributed by atoms with E-state index in [1.54, 1.807) is 0 Å². The number of allylic oxidation sites excluding steroid dienone is 1. The first-order chi connectivity index (χ1) is 8.90. The average Bonchev–Trinajstić information content (AvgIpc) is 2.73. The number of rotatable bonds is 7. The van der Waals surface area contributed by atoms with E-state index >= 15 is 0 Å². The number of carboxylic acid groups (broad SMARTS) is 1. The number of aliphatic carboxylic acids is 1. The topological polar surface area (TPSA) is 75.3 Å². The lowest BCUT2D eigenvalue weighted by Gasteiger charge is -2.31. The van der Waals surface area contributed by atoms with Crippen molar-refractivity contribution in [1.82, 2.24) is 5.32 Å². The van der Waals surface area contributed by atoms with E-state index in [0.29, 0.717) is 17.9 Å². The average molecular weight is 266 g/mol. The Morgan fingerprint density at radius 2 is 2.16 bits per heavy atom. The summed E-state index contributed by atoms with van der Waals surface area (Å²) in [6.07, 6.45) is 4.39. The Morgan fingerprint density at radius 1 is 1.58 bits per heavy atom. The number of hydrogen-bond acceptors (Lipinski definition) is 3. The van der Waals surface area contributed by atoms with Crippen LogP contribution in [0, 0.1) is 11.8 Å². The van der Waals surface area contributed by atoms with Crippen LogP contribution in [0.5, 0.6) is 0 Å². The molecule has 4 N–H and O–H groups in total. The van der Waals surface area contributed by atoms with Gasteiger partial charge in [-0.2, -0.15) is 0 Å². The van der Waals surface area contributed by atoms with Crippen LogP contribution in [0.4, 0.5) is 0 Å². The summed E-state index contributed by atoms with van der Waals surface area (Å²) in [6, 6.07) is 0.0444. The SMILES string of the molecule is C=C(C)N[C@@H]1CC(C(=O)O)=C[C@H]1C(N)C(CC)CC. The number of carbonyl (C=O) groups is 1. The van der Waals surface area contributed by atoms with Crippen LogP contribution in [0.1, 0.15) is 40.0 Å². The summed E-state index contributed by atoms with van der Waals surface area (Å²) in [6.45, 7) is 9.99. The zero-order valence-corrected chi connectivity index (χ0v) is 12.1. The second-order valence-corrected chi connectivity index (χ2v) is 5.46. The van der Waals surface area contributed by atoms with E-state index < -0.39 is 5.97 Å². The third-order valence-corrected chi connectivity index (χ3v) is 4.04. The van der Waals surface area contributed by atoms with E-state index in [1.165, 1.54) is 0 Å². The van der Waals surface area contributed by atoms with Crippen LogP contribution < -0.4 is 11.1 Å². The van der Waals surface area contributed by atoms with Gasteiger partial charge in [-0.25, -0.2) is 4.79 Å². The van der Waals surface area contributed by atoms with Gasteiger partial charge in [-0.3, -0.25) is 0 Å². The van der Waals surface area contributed by atoms with E-state index in [4.69, 9.17) is 10.8 Å². The molecule has 0 bridgehead atoms. The molecule has 0 radical (unpaired) electrons. The van der Waals surface area contributed by atoms with Crippen LogP contribution in [0.25, 0.3) is 0 Å². The van der Waals surface area contributed by atoms with Gasteiger partial charge in [0.2, 0.25) is 0 Å². The van der Waals surface area contributed by atoms with Crippen LogP contribution >= 0.6 is 0 Å². The van der Waals surface area contributed by atoms with Crippen LogP contribution in [-0.4, -0.2) is 23.2 Å². The lowest BCUT2D eigenvalue weighted by Crippen LogP contribution is -2.45. The van der Waals surface area contributed by atoms with Gasteiger partial charge in [0.25, 0.3) is 0 Å². The molecule has 0 fully saturated rings. The number of nitrogens with one attached hydrogen (secondary N) is 1. The molecule has 19 heavy (non-hydrogen) atoms. The molecule has 1 rings (SSSR count). The molecule has 1 aliphatic rings. The fraction of sp³-hybridized carbons (Fsp3) is 0.667. The van der Waals surface area contributed by atoms with Gasteiger partial charge >= 0.3 is 5.97 Å². The van der Waals surface area contributed by atoms with Crippen molar-refractivity contribution in [1.29, 1.82) is 0 Å². The molecular weight excluding hydrogens is 240 g/mol. The molecule has 1 aliphatic carbocycles. The summed E-state index contributed by atoms with van der Waals surface area (Å²) >= 11 is 0. The molecule has 108 valence electrons. The Morgan fingerprint density at radius 3 is 2.58 bits per heavy atom. The van der Waals surface area contributed by atoms with Crippen LogP contribution in [0.15, 0.2) is 23.9 Å². The predicted molar refractivity (Wildman–Crippen MR) is 77.6 cm³/mol. The maximum absolute atomic E-state index is 11.2. The first-order valence-corrected chi connectivity index (χ1v) is 7.02. The normalized spacial score (nSPS) is 24.2. The highest BCUT2D eigenvalue weighted by atomic mass is 16.4. The first-order valence-electron chi connectivity index (χ1n) is 7.02. The molecule has 1 unspecified atom stereocenters. The Bertz CT molecular complexity index is 372. The molecule has 0 saturated carbocycles. The molecule has 4 heteroatoms. The highest BCUT2D eigenvalue weighted by Gasteiger charge is 2.36. The first kappa shape index (κ1) is 15.8. The molecule has 0 amide bonds. The fourth-order valence-electron chi connectivity index (χ4n) is 2.94. The maximum atomic E-state index is 11.2. The standard InChI is InChI=1S/C15H26N2O2/c1-5-10(6-2)14(16)12-7-11(15(18)19)8-13(12)17-9(3)4/h7,10,12-14,17H,3,5-6,8,16H2,1-2,4H3,(H,18,19)/t12-,13-,14?/m1/s1. The molecular formula is C15H26N2O2. The minimum atomic E-state index is -0.840. The van der Waals surface area contributed by atoms with Crippen LogP contribution in [0.3, 0.4) is 0 Å². The lowest BCUT2D eigenvalue weighted by atomic mass is 9.83. The van der Waals surface area contributed by atoms with E-state index in [9.17, 15) is 4.79 Å². The van der Waals surface area contributed by atoms with E-state index in [1.807, 2.05) is 13.0 Å². The minimum absolute atomic E-state index is 0.0105. The highest BCUT2D eigenvalue weighted by molar-refractivity contribution is 5.87. The number of hydrogen-bond donors (Lipinski definition) is 3. The van der Waals surface area contributed by atoms with E-state index in [2.05, 4.69) is 25.7 Å². The van der Waals surface area contributed by atoms with Gasteiger partial charge in [0.15, 0.2) is 0 Å². The van der Waals surface area contributed by atoms with Gasteiger partial charge in [0.05, 0.1) is 0 Å². The summed E-state index contributed by atoms with van der Waals surface area (Å²) < 4.78 is 0. The van der Waals surface area contributed by atoms with Crippen LogP contribution in [-0.2, 0) is 4.79 Å². The van der Waals surface area contributed by atoms with Crippen molar-refractivity contribution in [3.8, 4) is 0 Å². The summed E-state index contributed by atoms with van der Waals surface area (Å²) in [5.41, 5.74) is 7.68. The van der Waals surface area contributed by atoms with Gasteiger partial charge in [0, 0.05) is 29.3 Å². The Hall–Kier alpha value is -1.29. The molecule has 0 saturated heterocycles. The lowest BCUT2D eigenvalue weighted by molar-refractivity contribution is -0.132. The van der Waals surface area contributed by atoms with Gasteiger partial charge in [-0.1, -0.05) is 39.3 Å². The molecule has 0 aromatic rings. The van der Waals surface area contributed by atoms with Crippen molar-refractivity contribution in [2.45, 2.75) is 52.1 Å². The van der Waals surface area contributed by atoms with Crippen molar-refractivity contribution in [3.63, 3.8) is 0 Å². The molecule has 0 spiro atoms. The second kappa shape index (κ2) is 6.75. The van der Waals surface area contributed by atoms with Crippen molar-refractivity contribution < 1.29 is 9.90 Å². The second-order valence-electron chi connectivity index (χ2n) is 5.46. The minimum Gasteiger partial charge on any atom is -0.478 e. The fourth-order valence-corrected chi connectivity index (χ4v) is 2.94. The van der Waals surface area contributed by atoms with Crippen molar-refractivity contribution in [3.05, 3.63) is 23.9 Å². The third kappa shape index (κ3) is 3.83. The van der Waals surface area contributed by atoms with Crippen LogP contribution in [0.2, 0.25) is 0 Å². The molecule has 0 aromatic carbocycles. The Labute approximate surface area is 115 Å². The summed E-state index contributed by atoms with van der Waals surface area (Å²) in [5.74, 6) is -0.357. The molecule has 0 aliphatic heterocycles. The molecule has 0 heterocycles. The zero-order valence-electron chi connectivity index (χ0n) is 12.1. The molecule has 3 atom stereocenters. The number of carboxylic acids is 1. The summed E-state index contributed by atoms with van der Waals surface area (Å²) in [7, 11) is 0. The van der Waals surface area contributed by atoms with Crippen molar-refractivity contribution in [2.75, 3.05) is 0 Å². The van der Waals surface area contributed by atoms with Gasteiger partial charge in [-0.05, 0) is 19.3 Å². The predicted octanol–water partition coefficient (Wildman–Crippen LogP) is 2.27. The molecule has 0 aromatic heterocycles. The van der Waals surface area contributed by atoms with Crippen molar-refractivity contribution in [2.24, 2.45) is 17.6 Å². The van der Waals surface area contributed by atoms with E-state index in [-0.39, 0.29) is 18.0 Å². The van der Waals surface area contributed by atoms with Gasteiger partial charge in [-0.15, -0.1) is 0 Å². The maximum Gasteiger partial charge on any atom is 0.331 e. The van der Waals surface area contributed by atoms with Gasteiger partial charge < -0.3 is 16.2 Å². The third-order valence-electron chi connectivity index (χ3n) is 4.04. The summed E-state index contributed by atoms with van der Waals surface area (Å²) in [4.78, 5) is 11.2. The van der Waals surface area contributed by atoms with E-state index in [0.717, 1.165) is 18.5 Å². The smallest absolute Gasteiger partial charge is 0.331 e. The molecule has 4 nitrogen and oxygen atoms in total. The van der Waals surface area contributed by atoms with Gasteiger partial charge in [0.1, 0.15) is 0 Å². The largest absolute Gasteiger partial charge is 0.478 e. The van der Waals surface area contributed by atoms with Crippen molar-refractivity contribution >= 4 is 5.97 Å². The highest BCUT2D eigenvalue weighted by Crippen LogP contribution is 2.31. The number of nitrogens with two attached hydrogens (primary N) is 1. The zero-order chi connectivity index (χ0) is 14.6. The monoisotopic (exact) mass is 266 g/mol. The summed E-state index contributed by atoms with van der Waals surface area (Å²) in [5, 5.41) is 12.4. The Balaban J connectivity index is 2.90.